The van der Waals surface area contributed by atoms with Crippen LogP contribution in [-0.2, 0) is 9.59 Å². The van der Waals surface area contributed by atoms with E-state index in [1.54, 1.807) is 0 Å². The van der Waals surface area contributed by atoms with Crippen LogP contribution in [0, 0.1) is 22.7 Å². The van der Waals surface area contributed by atoms with Crippen molar-refractivity contribution in [2.24, 2.45) is 32.9 Å². The van der Waals surface area contributed by atoms with Crippen LogP contribution in [-0.4, -0.2) is 23.2 Å². The molecule has 4 aliphatic carbocycles. The molecule has 4 bridgehead atoms. The second kappa shape index (κ2) is 2.73. The van der Waals surface area contributed by atoms with Gasteiger partial charge in [-0.05, 0) is 32.1 Å². The highest BCUT2D eigenvalue weighted by molar-refractivity contribution is 6.22. The largest absolute Gasteiger partial charge is 0.272 e. The maximum absolute atomic E-state index is 12.4. The first-order chi connectivity index (χ1) is 9.16. The second-order valence-corrected chi connectivity index (χ2v) is 6.60. The molecule has 19 heavy (non-hydrogen) atoms. The fourth-order valence-electron chi connectivity index (χ4n) is 5.16. The number of hydrogen-bond acceptors (Lipinski definition) is 4. The van der Waals surface area contributed by atoms with Crippen LogP contribution in [0.5, 0.6) is 0 Å². The number of hydrogen-bond donors (Lipinski definition) is 2. The van der Waals surface area contributed by atoms with Crippen LogP contribution in [0.4, 0.5) is 0 Å². The number of rotatable bonds is 0. The van der Waals surface area contributed by atoms with Crippen LogP contribution in [0.1, 0.15) is 32.1 Å². The molecular weight excluding hydrogens is 244 g/mol. The summed E-state index contributed by atoms with van der Waals surface area (Å²) in [7, 11) is 0. The molecule has 2 N–H and O–H groups in total. The van der Waals surface area contributed by atoms with Crippen LogP contribution in [0.3, 0.4) is 0 Å². The van der Waals surface area contributed by atoms with Gasteiger partial charge in [-0.1, -0.05) is 0 Å². The van der Waals surface area contributed by atoms with E-state index in [1.165, 1.54) is 0 Å². The fraction of sp³-hybridized carbons (Fsp3) is 0.692. The summed E-state index contributed by atoms with van der Waals surface area (Å²) >= 11 is 0. The molecule has 6 rings (SSSR count). The van der Waals surface area contributed by atoms with Crippen LogP contribution in [0.25, 0.3) is 0 Å². The Labute approximate surface area is 109 Å². The highest BCUT2D eigenvalue weighted by Crippen LogP contribution is 2.62. The Bertz CT molecular complexity index is 558. The number of fused-ring (bicyclic) bond motifs is 1. The first-order valence-corrected chi connectivity index (χ1v) is 6.93. The highest BCUT2D eigenvalue weighted by atomic mass is 16.2. The molecular formula is C13H14N4O2. The van der Waals surface area contributed by atoms with Crippen molar-refractivity contribution in [3.8, 4) is 0 Å². The number of nitrogens with one attached hydrogen (secondary N) is 2. The van der Waals surface area contributed by atoms with Crippen molar-refractivity contribution < 1.29 is 9.59 Å². The lowest BCUT2D eigenvalue weighted by Crippen LogP contribution is -2.59. The summed E-state index contributed by atoms with van der Waals surface area (Å²) in [6.07, 6.45) is 4.18. The van der Waals surface area contributed by atoms with Crippen molar-refractivity contribution in [3.63, 3.8) is 0 Å². The molecule has 2 amide bonds. The Morgan fingerprint density at radius 1 is 0.895 bits per heavy atom. The van der Waals surface area contributed by atoms with E-state index in [1.807, 2.05) is 0 Å². The van der Waals surface area contributed by atoms with Gasteiger partial charge in [-0.25, -0.2) is 10.9 Å². The summed E-state index contributed by atoms with van der Waals surface area (Å²) in [5.41, 5.74) is 6.31. The summed E-state index contributed by atoms with van der Waals surface area (Å²) in [6.45, 7) is 0. The molecule has 98 valence electrons. The third kappa shape index (κ3) is 0.884. The molecule has 6 heteroatoms. The van der Waals surface area contributed by atoms with E-state index in [0.29, 0.717) is 6.42 Å². The zero-order valence-corrected chi connectivity index (χ0v) is 10.4. The third-order valence-electron chi connectivity index (χ3n) is 5.84. The molecule has 4 saturated carbocycles. The van der Waals surface area contributed by atoms with E-state index < -0.39 is 10.8 Å². The summed E-state index contributed by atoms with van der Waals surface area (Å²) in [5.74, 6) is 0.512. The van der Waals surface area contributed by atoms with Crippen molar-refractivity contribution in [2.75, 3.05) is 0 Å². The third-order valence-corrected chi connectivity index (χ3v) is 5.84. The van der Waals surface area contributed by atoms with Gasteiger partial charge >= 0.3 is 0 Å². The molecule has 0 aromatic carbocycles. The van der Waals surface area contributed by atoms with Crippen molar-refractivity contribution in [1.29, 1.82) is 0 Å². The summed E-state index contributed by atoms with van der Waals surface area (Å²) in [5, 5.41) is 8.62. The quantitative estimate of drug-likeness (QED) is 0.648. The Hall–Kier alpha value is -1.72. The molecule has 2 aliphatic heterocycles. The molecule has 0 radical (unpaired) electrons. The first-order valence-electron chi connectivity index (χ1n) is 6.93. The Morgan fingerprint density at radius 3 is 1.84 bits per heavy atom. The van der Waals surface area contributed by atoms with Crippen molar-refractivity contribution in [1.82, 2.24) is 10.9 Å². The number of carbonyl (C=O) groups excluding carboxylic acids is 2. The van der Waals surface area contributed by atoms with Crippen LogP contribution < -0.4 is 10.9 Å². The molecule has 0 saturated heterocycles. The molecule has 0 aromatic rings. The van der Waals surface area contributed by atoms with Gasteiger partial charge in [-0.2, -0.15) is 10.2 Å². The minimum atomic E-state index is -0.523. The maximum Gasteiger partial charge on any atom is 0.252 e. The number of amides is 2. The average molecular weight is 258 g/mol. The lowest BCUT2D eigenvalue weighted by molar-refractivity contribution is -0.134. The van der Waals surface area contributed by atoms with E-state index >= 15 is 0 Å². The Kier molecular flexibility index (Phi) is 1.46. The monoisotopic (exact) mass is 258 g/mol. The Morgan fingerprint density at radius 2 is 1.37 bits per heavy atom. The maximum atomic E-state index is 12.4. The number of nitrogens with zero attached hydrogens (tertiary/aromatic N) is 2. The lowest BCUT2D eigenvalue weighted by Gasteiger charge is -2.49. The molecule has 6 nitrogen and oxygen atoms in total. The van der Waals surface area contributed by atoms with Gasteiger partial charge in [0.25, 0.3) is 11.8 Å². The zero-order valence-electron chi connectivity index (χ0n) is 10.4. The van der Waals surface area contributed by atoms with E-state index in [4.69, 9.17) is 0 Å². The standard InChI is InChI=1S/C13H14N4O2/c18-10-12-3-6-1-2-7(9(12)15-17-10)4-13(5-12)8(6)14-16-11(13)19/h6-7H,1-5H2,(H,16,19)(H,17,18)/t6-,7+,12-,13+. The van der Waals surface area contributed by atoms with E-state index in [-0.39, 0.29) is 23.7 Å². The second-order valence-electron chi connectivity index (χ2n) is 6.60. The number of hydrazone groups is 2. The van der Waals surface area contributed by atoms with Crippen LogP contribution in [0.15, 0.2) is 10.2 Å². The van der Waals surface area contributed by atoms with Gasteiger partial charge in [0.15, 0.2) is 0 Å². The fourth-order valence-corrected chi connectivity index (χ4v) is 5.16. The summed E-state index contributed by atoms with van der Waals surface area (Å²) < 4.78 is 0. The molecule has 6 aliphatic rings. The van der Waals surface area contributed by atoms with Gasteiger partial charge in [0.2, 0.25) is 0 Å². The molecule has 0 aromatic heterocycles. The predicted molar refractivity (Wildman–Crippen MR) is 66.1 cm³/mol. The molecule has 4 atom stereocenters. The van der Waals surface area contributed by atoms with Crippen LogP contribution in [0.2, 0.25) is 0 Å². The normalized spacial score (nSPS) is 49.1. The lowest BCUT2D eigenvalue weighted by atomic mass is 9.50. The van der Waals surface area contributed by atoms with Gasteiger partial charge in [-0.3, -0.25) is 9.59 Å². The smallest absolute Gasteiger partial charge is 0.252 e. The van der Waals surface area contributed by atoms with Gasteiger partial charge < -0.3 is 0 Å². The SMILES string of the molecule is O=C1NN=C2[C@H]3CC[C@@H]4C[C@]12C[C@]1(C3)C(=O)NN=C41. The van der Waals surface area contributed by atoms with E-state index in [9.17, 15) is 9.59 Å². The summed E-state index contributed by atoms with van der Waals surface area (Å²) in [4.78, 5) is 24.7. The van der Waals surface area contributed by atoms with Crippen LogP contribution >= 0.6 is 0 Å². The Balaban J connectivity index is 1.79. The molecule has 0 unspecified atom stereocenters. The molecule has 4 fully saturated rings. The molecule has 2 spiro atoms. The minimum absolute atomic E-state index is 0.00257. The van der Waals surface area contributed by atoms with E-state index in [2.05, 4.69) is 21.1 Å². The van der Waals surface area contributed by atoms with Crippen molar-refractivity contribution in [3.05, 3.63) is 0 Å². The number of carbonyl (C=O) groups is 2. The van der Waals surface area contributed by atoms with E-state index in [0.717, 1.165) is 37.1 Å². The zero-order chi connectivity index (χ0) is 12.8. The van der Waals surface area contributed by atoms with Gasteiger partial charge in [0.05, 0.1) is 22.3 Å². The van der Waals surface area contributed by atoms with Gasteiger partial charge in [0, 0.05) is 11.8 Å². The average Bonchev–Trinajstić information content (AvgIpc) is 2.80. The summed E-state index contributed by atoms with van der Waals surface area (Å²) in [6, 6.07) is 0. The van der Waals surface area contributed by atoms with Gasteiger partial charge in [0.1, 0.15) is 0 Å². The first kappa shape index (κ1) is 10.1. The highest BCUT2D eigenvalue weighted by Gasteiger charge is 2.69. The molecule has 2 heterocycles. The minimum Gasteiger partial charge on any atom is -0.272 e. The topological polar surface area (TPSA) is 82.9 Å². The van der Waals surface area contributed by atoms with Crippen molar-refractivity contribution in [2.45, 2.75) is 32.1 Å². The van der Waals surface area contributed by atoms with Crippen molar-refractivity contribution >= 4 is 23.2 Å². The van der Waals surface area contributed by atoms with Gasteiger partial charge in [-0.15, -0.1) is 0 Å². The predicted octanol–water partition coefficient (Wildman–Crippen LogP) is 0.154.